The Morgan fingerprint density at radius 1 is 1.15 bits per heavy atom. The molecule has 2 aromatic heterocycles. The summed E-state index contributed by atoms with van der Waals surface area (Å²) in [6.07, 6.45) is 0. The Balaban J connectivity index is 2.86. The molecule has 3 nitrogen and oxygen atoms in total. The van der Waals surface area contributed by atoms with Crippen molar-refractivity contribution in [2.24, 2.45) is 0 Å². The van der Waals surface area contributed by atoms with Gasteiger partial charge < -0.3 is 0 Å². The maximum Gasteiger partial charge on any atom is 0.152 e. The quantitative estimate of drug-likeness (QED) is 0.699. The van der Waals surface area contributed by atoms with Gasteiger partial charge in [-0.2, -0.15) is 0 Å². The Bertz CT molecular complexity index is 469. The third-order valence-corrected chi connectivity index (χ3v) is 2.61. The molecule has 0 aliphatic carbocycles. The summed E-state index contributed by atoms with van der Waals surface area (Å²) in [6, 6.07) is 3.57. The van der Waals surface area contributed by atoms with E-state index in [1.54, 1.807) is 6.07 Å². The maximum absolute atomic E-state index is 5.70. The van der Waals surface area contributed by atoms with Crippen LogP contribution in [-0.2, 0) is 0 Å². The summed E-state index contributed by atoms with van der Waals surface area (Å²) >= 11 is 12.3. The smallest absolute Gasteiger partial charge is 0.152 e. The fourth-order valence-electron chi connectivity index (χ4n) is 0.959. The third-order valence-electron chi connectivity index (χ3n) is 1.47. The molecule has 0 fully saturated rings. The normalized spacial score (nSPS) is 10.7. The standard InChI is InChI=1S/C7H2Br2ClN3/c8-4-1-3-2-5(10)12-13-6(3)7(9)11-4/h1-2H. The van der Waals surface area contributed by atoms with Gasteiger partial charge in [0.2, 0.25) is 0 Å². The Morgan fingerprint density at radius 3 is 2.69 bits per heavy atom. The first-order valence-corrected chi connectivity index (χ1v) is 5.28. The van der Waals surface area contributed by atoms with E-state index in [0.29, 0.717) is 15.3 Å². The van der Waals surface area contributed by atoms with E-state index in [2.05, 4.69) is 47.0 Å². The minimum absolute atomic E-state index is 0.373. The topological polar surface area (TPSA) is 38.7 Å². The molecule has 13 heavy (non-hydrogen) atoms. The number of halogens is 3. The molecule has 0 saturated heterocycles. The van der Waals surface area contributed by atoms with Crippen LogP contribution in [0.1, 0.15) is 0 Å². The summed E-state index contributed by atoms with van der Waals surface area (Å²) in [5, 5.41) is 8.91. The monoisotopic (exact) mass is 321 g/mol. The van der Waals surface area contributed by atoms with E-state index < -0.39 is 0 Å². The Labute approximate surface area is 95.8 Å². The highest BCUT2D eigenvalue weighted by Gasteiger charge is 2.04. The van der Waals surface area contributed by atoms with Crippen LogP contribution >= 0.6 is 43.5 Å². The van der Waals surface area contributed by atoms with Crippen LogP contribution in [0.2, 0.25) is 5.15 Å². The molecular weight excluding hydrogens is 321 g/mol. The zero-order valence-corrected chi connectivity index (χ0v) is 10.1. The van der Waals surface area contributed by atoms with Crippen LogP contribution in [-0.4, -0.2) is 15.2 Å². The fourth-order valence-corrected chi connectivity index (χ4v) is 2.28. The van der Waals surface area contributed by atoms with Gasteiger partial charge >= 0.3 is 0 Å². The zero-order chi connectivity index (χ0) is 9.42. The lowest BCUT2D eigenvalue weighted by Gasteiger charge is -1.99. The number of hydrogen-bond acceptors (Lipinski definition) is 3. The van der Waals surface area contributed by atoms with Gasteiger partial charge in [0, 0.05) is 5.39 Å². The van der Waals surface area contributed by atoms with Gasteiger partial charge in [-0.3, -0.25) is 0 Å². The molecule has 0 spiro atoms. The number of rotatable bonds is 0. The van der Waals surface area contributed by atoms with Gasteiger partial charge in [-0.25, -0.2) is 4.98 Å². The summed E-state index contributed by atoms with van der Waals surface area (Å²) < 4.78 is 1.39. The average molecular weight is 323 g/mol. The second-order valence-corrected chi connectivity index (χ2v) is 4.29. The molecular formula is C7H2Br2ClN3. The van der Waals surface area contributed by atoms with E-state index in [9.17, 15) is 0 Å². The molecule has 0 aliphatic rings. The number of fused-ring (bicyclic) bond motifs is 1. The highest BCUT2D eigenvalue weighted by Crippen LogP contribution is 2.24. The summed E-state index contributed by atoms with van der Waals surface area (Å²) in [5.74, 6) is 0. The summed E-state index contributed by atoms with van der Waals surface area (Å²) in [5.41, 5.74) is 0.701. The van der Waals surface area contributed by atoms with Crippen LogP contribution < -0.4 is 0 Å². The molecule has 0 unspecified atom stereocenters. The van der Waals surface area contributed by atoms with Gasteiger partial charge in [0.25, 0.3) is 0 Å². The molecule has 0 saturated carbocycles. The van der Waals surface area contributed by atoms with Gasteiger partial charge in [-0.15, -0.1) is 10.2 Å². The minimum atomic E-state index is 0.373. The third kappa shape index (κ3) is 1.82. The van der Waals surface area contributed by atoms with Crippen molar-refractivity contribution in [3.8, 4) is 0 Å². The summed E-state index contributed by atoms with van der Waals surface area (Å²) in [7, 11) is 0. The fraction of sp³-hybridized carbons (Fsp3) is 0. The van der Waals surface area contributed by atoms with Gasteiger partial charge in [0.1, 0.15) is 14.7 Å². The predicted molar refractivity (Wildman–Crippen MR) is 57.7 cm³/mol. The first-order valence-electron chi connectivity index (χ1n) is 3.32. The number of aromatic nitrogens is 3. The van der Waals surface area contributed by atoms with E-state index in [4.69, 9.17) is 11.6 Å². The minimum Gasteiger partial charge on any atom is -0.232 e. The van der Waals surface area contributed by atoms with Crippen molar-refractivity contribution < 1.29 is 0 Å². The molecule has 0 aliphatic heterocycles. The summed E-state index contributed by atoms with van der Waals surface area (Å²) in [4.78, 5) is 4.12. The Morgan fingerprint density at radius 2 is 1.92 bits per heavy atom. The van der Waals surface area contributed by atoms with Gasteiger partial charge in [0.05, 0.1) is 0 Å². The summed E-state index contributed by atoms with van der Waals surface area (Å²) in [6.45, 7) is 0. The molecule has 2 heterocycles. The first-order chi connectivity index (χ1) is 6.16. The van der Waals surface area contributed by atoms with Crippen LogP contribution in [0.25, 0.3) is 10.9 Å². The number of nitrogens with zero attached hydrogens (tertiary/aromatic N) is 3. The molecule has 0 aromatic carbocycles. The average Bonchev–Trinajstić information content (AvgIpc) is 2.02. The van der Waals surface area contributed by atoms with Crippen molar-refractivity contribution in [2.75, 3.05) is 0 Å². The highest BCUT2D eigenvalue weighted by atomic mass is 79.9. The van der Waals surface area contributed by atoms with E-state index in [1.165, 1.54) is 0 Å². The van der Waals surface area contributed by atoms with Crippen molar-refractivity contribution in [3.63, 3.8) is 0 Å². The van der Waals surface area contributed by atoms with E-state index >= 15 is 0 Å². The number of pyridine rings is 1. The molecule has 0 amide bonds. The molecule has 66 valence electrons. The van der Waals surface area contributed by atoms with Crippen LogP contribution in [0.4, 0.5) is 0 Å². The molecule has 6 heteroatoms. The van der Waals surface area contributed by atoms with Gasteiger partial charge in [-0.05, 0) is 44.0 Å². The van der Waals surface area contributed by atoms with Crippen molar-refractivity contribution in [1.82, 2.24) is 15.2 Å². The predicted octanol–water partition coefficient (Wildman–Crippen LogP) is 3.20. The molecule has 0 radical (unpaired) electrons. The SMILES string of the molecule is Clc1cc2cc(Br)nc(Br)c2nn1. The second kappa shape index (κ2) is 3.48. The van der Waals surface area contributed by atoms with Crippen LogP contribution in [0.3, 0.4) is 0 Å². The van der Waals surface area contributed by atoms with E-state index in [0.717, 1.165) is 9.99 Å². The van der Waals surface area contributed by atoms with Crippen molar-refractivity contribution in [3.05, 3.63) is 26.5 Å². The van der Waals surface area contributed by atoms with Crippen LogP contribution in [0.15, 0.2) is 21.3 Å². The lowest BCUT2D eigenvalue weighted by atomic mass is 10.3. The van der Waals surface area contributed by atoms with Crippen molar-refractivity contribution in [1.29, 1.82) is 0 Å². The first kappa shape index (κ1) is 9.30. The lowest BCUT2D eigenvalue weighted by Crippen LogP contribution is -1.88. The van der Waals surface area contributed by atoms with Crippen LogP contribution in [0, 0.1) is 0 Å². The maximum atomic E-state index is 5.70. The molecule has 2 aromatic rings. The second-order valence-electron chi connectivity index (χ2n) is 2.34. The van der Waals surface area contributed by atoms with Crippen LogP contribution in [0.5, 0.6) is 0 Å². The molecule has 0 bridgehead atoms. The zero-order valence-electron chi connectivity index (χ0n) is 6.13. The highest BCUT2D eigenvalue weighted by molar-refractivity contribution is 9.11. The Hall–Kier alpha value is -0.260. The van der Waals surface area contributed by atoms with Crippen molar-refractivity contribution in [2.45, 2.75) is 0 Å². The van der Waals surface area contributed by atoms with E-state index in [1.807, 2.05) is 6.07 Å². The van der Waals surface area contributed by atoms with Gasteiger partial charge in [0.15, 0.2) is 5.15 Å². The molecule has 2 rings (SSSR count). The van der Waals surface area contributed by atoms with E-state index in [-0.39, 0.29) is 0 Å². The lowest BCUT2D eigenvalue weighted by molar-refractivity contribution is 1.06. The van der Waals surface area contributed by atoms with Crippen molar-refractivity contribution >= 4 is 54.4 Å². The van der Waals surface area contributed by atoms with Gasteiger partial charge in [-0.1, -0.05) is 11.6 Å². The number of hydrogen-bond donors (Lipinski definition) is 0. The molecule has 0 atom stereocenters. The largest absolute Gasteiger partial charge is 0.232 e. The molecule has 0 N–H and O–H groups in total. The Kier molecular flexibility index (Phi) is 2.49.